The fourth-order valence-electron chi connectivity index (χ4n) is 1.62. The van der Waals surface area contributed by atoms with Gasteiger partial charge in [0, 0.05) is 5.41 Å². The third kappa shape index (κ3) is 3.56. The number of furan rings is 1. The van der Waals surface area contributed by atoms with Crippen molar-refractivity contribution < 1.29 is 19.4 Å². The van der Waals surface area contributed by atoms with Crippen LogP contribution in [0.2, 0.25) is 0 Å². The van der Waals surface area contributed by atoms with Gasteiger partial charge in [-0.15, -0.1) is 0 Å². The van der Waals surface area contributed by atoms with E-state index in [1.54, 1.807) is 6.26 Å². The van der Waals surface area contributed by atoms with Crippen LogP contribution in [0.15, 0.2) is 22.8 Å². The topological polar surface area (TPSA) is 62.8 Å². The molecule has 0 aliphatic carbocycles. The molecule has 0 saturated carbocycles. The van der Waals surface area contributed by atoms with E-state index in [-0.39, 0.29) is 19.3 Å². The van der Waals surface area contributed by atoms with Gasteiger partial charge in [-0.3, -0.25) is 0 Å². The zero-order valence-electron chi connectivity index (χ0n) is 10.6. The Bertz CT molecular complexity index is 282. The van der Waals surface area contributed by atoms with Gasteiger partial charge < -0.3 is 19.4 Å². The molecule has 1 rings (SSSR count). The van der Waals surface area contributed by atoms with Crippen molar-refractivity contribution in [2.24, 2.45) is 5.41 Å². The van der Waals surface area contributed by atoms with Crippen LogP contribution in [0.1, 0.15) is 38.6 Å². The summed E-state index contributed by atoms with van der Waals surface area (Å²) in [4.78, 5) is 0. The van der Waals surface area contributed by atoms with Crippen molar-refractivity contribution in [3.63, 3.8) is 0 Å². The monoisotopic (exact) mass is 242 g/mol. The largest absolute Gasteiger partial charge is 0.467 e. The number of ether oxygens (including phenoxy) is 1. The Labute approximate surface area is 102 Å². The molecule has 1 heterocycles. The molecule has 0 bridgehead atoms. The van der Waals surface area contributed by atoms with Gasteiger partial charge >= 0.3 is 0 Å². The summed E-state index contributed by atoms with van der Waals surface area (Å²) in [5, 5.41) is 18.7. The molecule has 2 N–H and O–H groups in total. The molecule has 0 amide bonds. The van der Waals surface area contributed by atoms with Crippen molar-refractivity contribution in [2.45, 2.75) is 32.8 Å². The van der Waals surface area contributed by atoms with Crippen LogP contribution in [-0.2, 0) is 4.74 Å². The summed E-state index contributed by atoms with van der Waals surface area (Å²) >= 11 is 0. The third-order valence-corrected chi connectivity index (χ3v) is 3.24. The van der Waals surface area contributed by atoms with Crippen LogP contribution in [0.4, 0.5) is 0 Å². The summed E-state index contributed by atoms with van der Waals surface area (Å²) in [6.07, 6.45) is 2.97. The summed E-state index contributed by atoms with van der Waals surface area (Å²) in [6, 6.07) is 3.70. The number of aliphatic hydroxyl groups excluding tert-OH is 2. The van der Waals surface area contributed by atoms with Crippen LogP contribution in [-0.4, -0.2) is 30.0 Å². The quantitative estimate of drug-likeness (QED) is 0.733. The normalized spacial score (nSPS) is 13.9. The SMILES string of the molecule is CCC(OCC(CC)(CO)CO)c1ccco1. The Balaban J connectivity index is 2.58. The molecule has 0 fully saturated rings. The predicted octanol–water partition coefficient (Wildman–Crippen LogP) is 2.13. The minimum atomic E-state index is -0.556. The molecule has 0 aliphatic heterocycles. The highest BCUT2D eigenvalue weighted by atomic mass is 16.5. The molecule has 0 saturated heterocycles. The van der Waals surface area contributed by atoms with E-state index in [1.165, 1.54) is 0 Å². The molecule has 0 spiro atoms. The van der Waals surface area contributed by atoms with Gasteiger partial charge in [0.25, 0.3) is 0 Å². The Hall–Kier alpha value is -0.840. The second-order valence-electron chi connectivity index (χ2n) is 4.39. The Morgan fingerprint density at radius 3 is 2.47 bits per heavy atom. The molecular formula is C13H22O4. The van der Waals surface area contributed by atoms with Crippen molar-refractivity contribution in [1.82, 2.24) is 0 Å². The molecule has 4 heteroatoms. The van der Waals surface area contributed by atoms with Gasteiger partial charge in [0.05, 0.1) is 26.1 Å². The maximum absolute atomic E-state index is 9.33. The van der Waals surface area contributed by atoms with E-state index in [4.69, 9.17) is 9.15 Å². The van der Waals surface area contributed by atoms with Gasteiger partial charge in [-0.25, -0.2) is 0 Å². The average Bonchev–Trinajstić information content (AvgIpc) is 2.89. The minimum absolute atomic E-state index is 0.0748. The van der Waals surface area contributed by atoms with Crippen molar-refractivity contribution in [2.75, 3.05) is 19.8 Å². The second kappa shape index (κ2) is 6.79. The van der Waals surface area contributed by atoms with Crippen molar-refractivity contribution in [3.8, 4) is 0 Å². The van der Waals surface area contributed by atoms with Crippen molar-refractivity contribution in [3.05, 3.63) is 24.2 Å². The van der Waals surface area contributed by atoms with Gasteiger partial charge in [0.1, 0.15) is 11.9 Å². The van der Waals surface area contributed by atoms with Crippen LogP contribution < -0.4 is 0 Å². The lowest BCUT2D eigenvalue weighted by molar-refractivity contribution is -0.0659. The summed E-state index contributed by atoms with van der Waals surface area (Å²) in [5.74, 6) is 0.786. The molecule has 1 atom stereocenters. The highest BCUT2D eigenvalue weighted by Crippen LogP contribution is 2.27. The van der Waals surface area contributed by atoms with Crippen LogP contribution in [0, 0.1) is 5.41 Å². The highest BCUT2D eigenvalue weighted by Gasteiger charge is 2.28. The Morgan fingerprint density at radius 2 is 2.06 bits per heavy atom. The molecule has 0 radical (unpaired) electrons. The molecule has 0 aromatic carbocycles. The van der Waals surface area contributed by atoms with E-state index in [1.807, 2.05) is 26.0 Å². The van der Waals surface area contributed by atoms with Crippen LogP contribution in [0.25, 0.3) is 0 Å². The minimum Gasteiger partial charge on any atom is -0.467 e. The number of aliphatic hydroxyl groups is 2. The van der Waals surface area contributed by atoms with Gasteiger partial charge in [-0.1, -0.05) is 13.8 Å². The summed E-state index contributed by atoms with van der Waals surface area (Å²) in [5.41, 5.74) is -0.556. The summed E-state index contributed by atoms with van der Waals surface area (Å²) in [6.45, 7) is 4.13. The average molecular weight is 242 g/mol. The van der Waals surface area contributed by atoms with E-state index in [9.17, 15) is 10.2 Å². The van der Waals surface area contributed by atoms with Gasteiger partial charge in [0.2, 0.25) is 0 Å². The summed E-state index contributed by atoms with van der Waals surface area (Å²) < 4.78 is 11.1. The number of rotatable bonds is 8. The van der Waals surface area contributed by atoms with Gasteiger partial charge in [-0.2, -0.15) is 0 Å². The molecular weight excluding hydrogens is 220 g/mol. The van der Waals surface area contributed by atoms with E-state index < -0.39 is 5.41 Å². The fourth-order valence-corrected chi connectivity index (χ4v) is 1.62. The van der Waals surface area contributed by atoms with E-state index in [0.717, 1.165) is 12.2 Å². The maximum Gasteiger partial charge on any atom is 0.132 e. The molecule has 1 unspecified atom stereocenters. The van der Waals surface area contributed by atoms with Crippen LogP contribution >= 0.6 is 0 Å². The molecule has 1 aromatic rings. The molecule has 1 aromatic heterocycles. The smallest absolute Gasteiger partial charge is 0.132 e. The molecule has 98 valence electrons. The summed E-state index contributed by atoms with van der Waals surface area (Å²) in [7, 11) is 0. The lowest BCUT2D eigenvalue weighted by Gasteiger charge is -2.29. The molecule has 0 aliphatic rings. The highest BCUT2D eigenvalue weighted by molar-refractivity contribution is 5.02. The predicted molar refractivity (Wildman–Crippen MR) is 64.6 cm³/mol. The van der Waals surface area contributed by atoms with Crippen LogP contribution in [0.5, 0.6) is 0 Å². The fraction of sp³-hybridized carbons (Fsp3) is 0.692. The van der Waals surface area contributed by atoms with Gasteiger partial charge in [0.15, 0.2) is 0 Å². The first kappa shape index (κ1) is 14.2. The zero-order chi connectivity index (χ0) is 12.7. The number of hydrogen-bond donors (Lipinski definition) is 2. The zero-order valence-corrected chi connectivity index (χ0v) is 10.6. The van der Waals surface area contributed by atoms with Crippen LogP contribution in [0.3, 0.4) is 0 Å². The first-order valence-electron chi connectivity index (χ1n) is 6.08. The van der Waals surface area contributed by atoms with Gasteiger partial charge in [-0.05, 0) is 25.0 Å². The number of hydrogen-bond acceptors (Lipinski definition) is 4. The Morgan fingerprint density at radius 1 is 1.35 bits per heavy atom. The maximum atomic E-state index is 9.33. The third-order valence-electron chi connectivity index (χ3n) is 3.24. The molecule has 17 heavy (non-hydrogen) atoms. The Kier molecular flexibility index (Phi) is 5.68. The van der Waals surface area contributed by atoms with Crippen molar-refractivity contribution >= 4 is 0 Å². The molecule has 4 nitrogen and oxygen atoms in total. The first-order chi connectivity index (χ1) is 8.21. The van der Waals surface area contributed by atoms with E-state index in [2.05, 4.69) is 0 Å². The lowest BCUT2D eigenvalue weighted by atomic mass is 9.88. The van der Waals surface area contributed by atoms with E-state index in [0.29, 0.717) is 13.0 Å². The second-order valence-corrected chi connectivity index (χ2v) is 4.39. The first-order valence-corrected chi connectivity index (χ1v) is 6.08. The lowest BCUT2D eigenvalue weighted by Crippen LogP contribution is -2.34. The van der Waals surface area contributed by atoms with Crippen molar-refractivity contribution in [1.29, 1.82) is 0 Å². The standard InChI is InChI=1S/C13H22O4/c1-3-11(12-6-5-7-16-12)17-10-13(4-2,8-14)9-15/h5-7,11,14-15H,3-4,8-10H2,1-2H3. The van der Waals surface area contributed by atoms with E-state index >= 15 is 0 Å².